The maximum Gasteiger partial charge on any atom is 0.410 e. The van der Waals surface area contributed by atoms with Crippen molar-refractivity contribution in [3.8, 4) is 0 Å². The molecule has 0 N–H and O–H groups in total. The molecule has 1 heterocycles. The summed E-state index contributed by atoms with van der Waals surface area (Å²) in [7, 11) is 0. The molecule has 2 rings (SSSR count). The lowest BCUT2D eigenvalue weighted by atomic mass is 9.88. The molecule has 0 saturated carbocycles. The lowest BCUT2D eigenvalue weighted by molar-refractivity contribution is -0.152. The molecule has 1 aliphatic rings. The van der Waals surface area contributed by atoms with E-state index in [1.165, 1.54) is 0 Å². The minimum Gasteiger partial charge on any atom is -0.464 e. The van der Waals surface area contributed by atoms with Crippen LogP contribution in [0.1, 0.15) is 52.2 Å². The van der Waals surface area contributed by atoms with E-state index in [4.69, 9.17) is 25.8 Å². The second kappa shape index (κ2) is 10.1. The third-order valence-corrected chi connectivity index (χ3v) is 4.64. The standard InChI is InChI=1S/C21H30ClNO5/c1-5-26-18(24)14-27-19(15-8-6-10-17(22)12-15)16-9-7-11-23(13-16)20(25)28-21(2,3)4/h6,8,10,12,16,19H,5,7,9,11,13-14H2,1-4H3. The Kier molecular flexibility index (Phi) is 8.13. The number of likely N-dealkylation sites (tertiary alicyclic amines) is 1. The Morgan fingerprint density at radius 2 is 2.07 bits per heavy atom. The second-order valence-electron chi connectivity index (χ2n) is 7.92. The Labute approximate surface area is 172 Å². The molecule has 7 heteroatoms. The molecule has 28 heavy (non-hydrogen) atoms. The van der Waals surface area contributed by atoms with E-state index in [2.05, 4.69) is 0 Å². The summed E-state index contributed by atoms with van der Waals surface area (Å²) >= 11 is 6.16. The number of hydrogen-bond acceptors (Lipinski definition) is 5. The van der Waals surface area contributed by atoms with Crippen molar-refractivity contribution in [2.75, 3.05) is 26.3 Å². The van der Waals surface area contributed by atoms with Gasteiger partial charge >= 0.3 is 12.1 Å². The molecule has 2 unspecified atom stereocenters. The Morgan fingerprint density at radius 1 is 1.32 bits per heavy atom. The Hall–Kier alpha value is -1.79. The van der Waals surface area contributed by atoms with E-state index in [9.17, 15) is 9.59 Å². The van der Waals surface area contributed by atoms with Gasteiger partial charge < -0.3 is 19.1 Å². The summed E-state index contributed by atoms with van der Waals surface area (Å²) in [5.41, 5.74) is 0.337. The highest BCUT2D eigenvalue weighted by Gasteiger charge is 2.33. The van der Waals surface area contributed by atoms with Crippen LogP contribution in [0.3, 0.4) is 0 Å². The van der Waals surface area contributed by atoms with E-state index in [-0.39, 0.29) is 24.7 Å². The normalized spacial score (nSPS) is 18.5. The third kappa shape index (κ3) is 6.99. The first kappa shape index (κ1) is 22.5. The number of hydrogen-bond donors (Lipinski definition) is 0. The molecular weight excluding hydrogens is 382 g/mol. The number of carbonyl (C=O) groups excluding carboxylic acids is 2. The SMILES string of the molecule is CCOC(=O)COC(c1cccc(Cl)c1)C1CCCN(C(=O)OC(C)(C)C)C1. The van der Waals surface area contributed by atoms with Crippen molar-refractivity contribution in [2.24, 2.45) is 5.92 Å². The van der Waals surface area contributed by atoms with E-state index in [1.54, 1.807) is 17.9 Å². The van der Waals surface area contributed by atoms with Gasteiger partial charge in [0, 0.05) is 24.0 Å². The van der Waals surface area contributed by atoms with Crippen LogP contribution in [-0.4, -0.2) is 48.9 Å². The van der Waals surface area contributed by atoms with Gasteiger partial charge in [0.1, 0.15) is 12.2 Å². The minimum atomic E-state index is -0.545. The second-order valence-corrected chi connectivity index (χ2v) is 8.36. The van der Waals surface area contributed by atoms with Gasteiger partial charge in [-0.1, -0.05) is 23.7 Å². The molecule has 1 aromatic rings. The first-order valence-electron chi connectivity index (χ1n) is 9.70. The van der Waals surface area contributed by atoms with Crippen molar-refractivity contribution in [2.45, 2.75) is 52.2 Å². The fourth-order valence-corrected chi connectivity index (χ4v) is 3.50. The van der Waals surface area contributed by atoms with Crippen LogP contribution >= 0.6 is 11.6 Å². The van der Waals surface area contributed by atoms with E-state index >= 15 is 0 Å². The molecule has 6 nitrogen and oxygen atoms in total. The van der Waals surface area contributed by atoms with Crippen molar-refractivity contribution in [3.05, 3.63) is 34.9 Å². The molecule has 0 aliphatic carbocycles. The van der Waals surface area contributed by atoms with Crippen molar-refractivity contribution in [3.63, 3.8) is 0 Å². The molecule has 0 aromatic heterocycles. The number of nitrogens with zero attached hydrogens (tertiary/aromatic N) is 1. The lowest BCUT2D eigenvalue weighted by Crippen LogP contribution is -2.44. The van der Waals surface area contributed by atoms with Gasteiger partial charge in [-0.2, -0.15) is 0 Å². The van der Waals surface area contributed by atoms with Crippen molar-refractivity contribution in [1.29, 1.82) is 0 Å². The van der Waals surface area contributed by atoms with Gasteiger partial charge in [0.05, 0.1) is 12.7 Å². The molecule has 1 fully saturated rings. The number of ether oxygens (including phenoxy) is 3. The van der Waals surface area contributed by atoms with Crippen molar-refractivity contribution >= 4 is 23.7 Å². The van der Waals surface area contributed by atoms with Crippen LogP contribution in [0.2, 0.25) is 5.02 Å². The summed E-state index contributed by atoms with van der Waals surface area (Å²) in [4.78, 5) is 26.0. The molecule has 1 saturated heterocycles. The molecule has 0 bridgehead atoms. The molecule has 1 aliphatic heterocycles. The molecular formula is C21H30ClNO5. The number of halogens is 1. The largest absolute Gasteiger partial charge is 0.464 e. The zero-order chi connectivity index (χ0) is 20.7. The Balaban J connectivity index is 2.14. The first-order chi connectivity index (χ1) is 13.2. The zero-order valence-corrected chi connectivity index (χ0v) is 17.8. The number of piperidine rings is 1. The molecule has 156 valence electrons. The summed E-state index contributed by atoms with van der Waals surface area (Å²) in [6, 6.07) is 7.41. The smallest absolute Gasteiger partial charge is 0.410 e. The van der Waals surface area contributed by atoms with Crippen LogP contribution in [-0.2, 0) is 19.0 Å². The highest BCUT2D eigenvalue weighted by atomic mass is 35.5. The van der Waals surface area contributed by atoms with Gasteiger partial charge in [-0.3, -0.25) is 0 Å². The average Bonchev–Trinajstić information content (AvgIpc) is 2.61. The van der Waals surface area contributed by atoms with Gasteiger partial charge in [0.25, 0.3) is 0 Å². The molecule has 0 radical (unpaired) electrons. The Morgan fingerprint density at radius 3 is 2.71 bits per heavy atom. The van der Waals surface area contributed by atoms with Crippen LogP contribution in [0, 0.1) is 5.92 Å². The third-order valence-electron chi connectivity index (χ3n) is 4.40. The van der Waals surface area contributed by atoms with E-state index in [0.29, 0.717) is 24.7 Å². The van der Waals surface area contributed by atoms with Gasteiger partial charge in [0.2, 0.25) is 0 Å². The summed E-state index contributed by atoms with van der Waals surface area (Å²) in [6.45, 7) is 8.61. The monoisotopic (exact) mass is 411 g/mol. The van der Waals surface area contributed by atoms with Gasteiger partial charge in [-0.05, 0) is 58.2 Å². The fourth-order valence-electron chi connectivity index (χ4n) is 3.30. The van der Waals surface area contributed by atoms with Crippen LogP contribution < -0.4 is 0 Å². The number of esters is 1. The molecule has 1 amide bonds. The van der Waals surface area contributed by atoms with Crippen molar-refractivity contribution in [1.82, 2.24) is 4.90 Å². The Bertz CT molecular complexity index is 673. The predicted molar refractivity (Wildman–Crippen MR) is 107 cm³/mol. The maximum atomic E-state index is 12.5. The number of benzene rings is 1. The van der Waals surface area contributed by atoms with Crippen LogP contribution in [0.15, 0.2) is 24.3 Å². The van der Waals surface area contributed by atoms with Crippen molar-refractivity contribution < 1.29 is 23.8 Å². The fraction of sp³-hybridized carbons (Fsp3) is 0.619. The van der Waals surface area contributed by atoms with E-state index in [0.717, 1.165) is 18.4 Å². The highest BCUT2D eigenvalue weighted by Crippen LogP contribution is 2.34. The first-order valence-corrected chi connectivity index (χ1v) is 10.1. The van der Waals surface area contributed by atoms with E-state index < -0.39 is 11.6 Å². The minimum absolute atomic E-state index is 0.0224. The predicted octanol–water partition coefficient (Wildman–Crippen LogP) is 4.61. The van der Waals surface area contributed by atoms with Crippen LogP contribution in [0.5, 0.6) is 0 Å². The van der Waals surface area contributed by atoms with Crippen LogP contribution in [0.25, 0.3) is 0 Å². The van der Waals surface area contributed by atoms with Crippen LogP contribution in [0.4, 0.5) is 4.79 Å². The van der Waals surface area contributed by atoms with Gasteiger partial charge in [0.15, 0.2) is 0 Å². The molecule has 1 aromatic carbocycles. The number of rotatable bonds is 6. The summed E-state index contributed by atoms with van der Waals surface area (Å²) in [5.74, 6) is -0.386. The topological polar surface area (TPSA) is 65.1 Å². The highest BCUT2D eigenvalue weighted by molar-refractivity contribution is 6.30. The maximum absolute atomic E-state index is 12.5. The zero-order valence-electron chi connectivity index (χ0n) is 17.1. The van der Waals surface area contributed by atoms with E-state index in [1.807, 2.05) is 39.0 Å². The summed E-state index contributed by atoms with van der Waals surface area (Å²) < 4.78 is 16.4. The lowest BCUT2D eigenvalue weighted by Gasteiger charge is -2.37. The number of amides is 1. The molecule has 0 spiro atoms. The summed E-state index contributed by atoms with van der Waals surface area (Å²) in [5, 5.41) is 0.599. The quantitative estimate of drug-likeness (QED) is 0.639. The number of carbonyl (C=O) groups is 2. The average molecular weight is 412 g/mol. The summed E-state index contributed by atoms with van der Waals surface area (Å²) in [6.07, 6.45) is 1.02. The van der Waals surface area contributed by atoms with Gasteiger partial charge in [-0.25, -0.2) is 9.59 Å². The van der Waals surface area contributed by atoms with Gasteiger partial charge in [-0.15, -0.1) is 0 Å². The molecule has 2 atom stereocenters.